The van der Waals surface area contributed by atoms with Gasteiger partial charge in [0.25, 0.3) is 0 Å². The molecule has 0 saturated heterocycles. The van der Waals surface area contributed by atoms with Crippen LogP contribution in [0.25, 0.3) is 0 Å². The Hall–Kier alpha value is -1.25. The summed E-state index contributed by atoms with van der Waals surface area (Å²) in [7, 11) is 0. The normalized spacial score (nSPS) is 12.3. The average molecular weight is 258 g/mol. The largest absolute Gasteiger partial charge is 0.392 e. The molecule has 0 aliphatic heterocycles. The minimum atomic E-state index is -0.295. The fourth-order valence-electron chi connectivity index (χ4n) is 1.86. The van der Waals surface area contributed by atoms with Crippen LogP contribution in [0.5, 0.6) is 0 Å². The van der Waals surface area contributed by atoms with Gasteiger partial charge in [0, 0.05) is 10.6 Å². The fraction of sp³-hybridized carbons (Fsp3) is 0.250. The maximum Gasteiger partial charge on any atom is 0.0674 e. The van der Waals surface area contributed by atoms with Gasteiger partial charge in [0.1, 0.15) is 0 Å². The molecule has 2 heteroatoms. The zero-order valence-corrected chi connectivity index (χ0v) is 11.4. The molecule has 0 aromatic heterocycles. The van der Waals surface area contributed by atoms with Crippen molar-refractivity contribution in [2.75, 3.05) is 5.75 Å². The van der Waals surface area contributed by atoms with Crippen LogP contribution in [0.1, 0.15) is 11.1 Å². The first-order valence-corrected chi connectivity index (χ1v) is 7.14. The summed E-state index contributed by atoms with van der Waals surface area (Å²) in [6.07, 6.45) is 0.434. The van der Waals surface area contributed by atoms with E-state index in [9.17, 15) is 5.11 Å². The van der Waals surface area contributed by atoms with Crippen LogP contribution in [0.2, 0.25) is 0 Å². The second kappa shape index (κ2) is 6.62. The Labute approximate surface area is 113 Å². The third-order valence-electron chi connectivity index (χ3n) is 2.90. The molecular weight excluding hydrogens is 240 g/mol. The molecule has 18 heavy (non-hydrogen) atoms. The molecule has 2 aromatic carbocycles. The number of thioether (sulfide) groups is 1. The monoisotopic (exact) mass is 258 g/mol. The molecule has 2 aromatic rings. The molecular formula is C16H18OS. The summed E-state index contributed by atoms with van der Waals surface area (Å²) in [4.78, 5) is 1.21. The van der Waals surface area contributed by atoms with E-state index in [1.54, 1.807) is 11.8 Å². The molecule has 0 aliphatic carbocycles. The quantitative estimate of drug-likeness (QED) is 0.825. The van der Waals surface area contributed by atoms with Crippen LogP contribution in [-0.2, 0) is 6.42 Å². The van der Waals surface area contributed by atoms with Gasteiger partial charge in [-0.1, -0.05) is 42.5 Å². The molecule has 1 atom stereocenters. The lowest BCUT2D eigenvalue weighted by molar-refractivity contribution is 0.200. The third-order valence-corrected chi connectivity index (χ3v) is 4.06. The highest BCUT2D eigenvalue weighted by Gasteiger charge is 2.07. The molecule has 0 aliphatic rings. The number of hydrogen-bond acceptors (Lipinski definition) is 2. The number of aryl methyl sites for hydroxylation is 1. The summed E-state index contributed by atoms with van der Waals surface area (Å²) in [5.41, 5.74) is 2.49. The molecule has 0 heterocycles. The Morgan fingerprint density at radius 2 is 1.67 bits per heavy atom. The molecule has 2 rings (SSSR count). The smallest absolute Gasteiger partial charge is 0.0674 e. The van der Waals surface area contributed by atoms with Gasteiger partial charge in [-0.3, -0.25) is 0 Å². The zero-order valence-electron chi connectivity index (χ0n) is 10.5. The number of benzene rings is 2. The Bertz CT molecular complexity index is 481. The van der Waals surface area contributed by atoms with Crippen LogP contribution < -0.4 is 0 Å². The van der Waals surface area contributed by atoms with Crippen LogP contribution in [0, 0.1) is 6.92 Å². The van der Waals surface area contributed by atoms with Gasteiger partial charge < -0.3 is 5.11 Å². The molecule has 1 nitrogen and oxygen atoms in total. The van der Waals surface area contributed by atoms with Crippen molar-refractivity contribution in [1.82, 2.24) is 0 Å². The highest BCUT2D eigenvalue weighted by Crippen LogP contribution is 2.19. The van der Waals surface area contributed by atoms with Gasteiger partial charge in [0.05, 0.1) is 6.10 Å². The molecule has 0 bridgehead atoms. The van der Waals surface area contributed by atoms with Crippen LogP contribution in [-0.4, -0.2) is 17.0 Å². The van der Waals surface area contributed by atoms with Crippen molar-refractivity contribution in [2.45, 2.75) is 24.3 Å². The van der Waals surface area contributed by atoms with Crippen molar-refractivity contribution < 1.29 is 5.11 Å². The number of rotatable bonds is 5. The molecule has 0 spiro atoms. The minimum Gasteiger partial charge on any atom is -0.392 e. The predicted molar refractivity (Wildman–Crippen MR) is 78.1 cm³/mol. The third kappa shape index (κ3) is 3.90. The lowest BCUT2D eigenvalue weighted by atomic mass is 10.0. The number of hydrogen-bond donors (Lipinski definition) is 1. The second-order valence-electron chi connectivity index (χ2n) is 4.41. The maximum atomic E-state index is 10.1. The van der Waals surface area contributed by atoms with E-state index in [1.165, 1.54) is 16.0 Å². The predicted octanol–water partition coefficient (Wildman–Crippen LogP) is 3.69. The van der Waals surface area contributed by atoms with Crippen LogP contribution in [0.3, 0.4) is 0 Å². The molecule has 1 N–H and O–H groups in total. The Morgan fingerprint density at radius 1 is 1.00 bits per heavy atom. The average Bonchev–Trinajstić information content (AvgIpc) is 2.40. The van der Waals surface area contributed by atoms with Crippen molar-refractivity contribution in [3.05, 3.63) is 65.7 Å². The topological polar surface area (TPSA) is 20.2 Å². The summed E-state index contributed by atoms with van der Waals surface area (Å²) in [6.45, 7) is 2.09. The van der Waals surface area contributed by atoms with E-state index in [2.05, 4.69) is 31.2 Å². The van der Waals surface area contributed by atoms with E-state index >= 15 is 0 Å². The van der Waals surface area contributed by atoms with E-state index in [-0.39, 0.29) is 6.10 Å². The second-order valence-corrected chi connectivity index (χ2v) is 5.50. The summed E-state index contributed by atoms with van der Waals surface area (Å²) in [6, 6.07) is 18.4. The van der Waals surface area contributed by atoms with E-state index < -0.39 is 0 Å². The first-order chi connectivity index (χ1) is 8.75. The summed E-state index contributed by atoms with van der Waals surface area (Å²) in [5.74, 6) is 0.734. The Morgan fingerprint density at radius 3 is 2.39 bits per heavy atom. The molecule has 0 amide bonds. The Kier molecular flexibility index (Phi) is 4.85. The highest BCUT2D eigenvalue weighted by atomic mass is 32.2. The van der Waals surface area contributed by atoms with Gasteiger partial charge in [0.2, 0.25) is 0 Å². The van der Waals surface area contributed by atoms with E-state index in [0.717, 1.165) is 12.2 Å². The van der Waals surface area contributed by atoms with Crippen molar-refractivity contribution in [2.24, 2.45) is 0 Å². The molecule has 0 saturated carbocycles. The van der Waals surface area contributed by atoms with Crippen molar-refractivity contribution in [3.8, 4) is 0 Å². The lowest BCUT2D eigenvalue weighted by Gasteiger charge is -2.12. The molecule has 0 fully saturated rings. The lowest BCUT2D eigenvalue weighted by Crippen LogP contribution is -2.14. The Balaban J connectivity index is 1.86. The first kappa shape index (κ1) is 13.2. The fourth-order valence-corrected chi connectivity index (χ4v) is 2.71. The van der Waals surface area contributed by atoms with E-state index in [0.29, 0.717) is 0 Å². The van der Waals surface area contributed by atoms with Gasteiger partial charge in [0.15, 0.2) is 0 Å². The van der Waals surface area contributed by atoms with Gasteiger partial charge in [-0.2, -0.15) is 0 Å². The van der Waals surface area contributed by atoms with Gasteiger partial charge in [-0.15, -0.1) is 11.8 Å². The summed E-state index contributed by atoms with van der Waals surface area (Å²) >= 11 is 1.70. The summed E-state index contributed by atoms with van der Waals surface area (Å²) < 4.78 is 0. The molecule has 94 valence electrons. The summed E-state index contributed by atoms with van der Waals surface area (Å²) in [5, 5.41) is 10.1. The SMILES string of the molecule is Cc1ccccc1CC(O)CSc1ccccc1. The van der Waals surface area contributed by atoms with Crippen LogP contribution in [0.4, 0.5) is 0 Å². The maximum absolute atomic E-state index is 10.1. The van der Waals surface area contributed by atoms with Crippen molar-refractivity contribution in [1.29, 1.82) is 0 Å². The number of aliphatic hydroxyl groups is 1. The van der Waals surface area contributed by atoms with Crippen LogP contribution >= 0.6 is 11.8 Å². The van der Waals surface area contributed by atoms with Crippen molar-refractivity contribution in [3.63, 3.8) is 0 Å². The standard InChI is InChI=1S/C16H18OS/c1-13-7-5-6-8-14(13)11-15(17)12-18-16-9-3-2-4-10-16/h2-10,15,17H,11-12H2,1H3. The van der Waals surface area contributed by atoms with Gasteiger partial charge >= 0.3 is 0 Å². The van der Waals surface area contributed by atoms with Gasteiger partial charge in [-0.05, 0) is 36.6 Å². The van der Waals surface area contributed by atoms with E-state index in [4.69, 9.17) is 0 Å². The van der Waals surface area contributed by atoms with E-state index in [1.807, 2.05) is 30.3 Å². The molecule has 1 unspecified atom stereocenters. The number of aliphatic hydroxyl groups excluding tert-OH is 1. The van der Waals surface area contributed by atoms with Gasteiger partial charge in [-0.25, -0.2) is 0 Å². The van der Waals surface area contributed by atoms with Crippen LogP contribution in [0.15, 0.2) is 59.5 Å². The first-order valence-electron chi connectivity index (χ1n) is 6.16. The zero-order chi connectivity index (χ0) is 12.8. The molecule has 0 radical (unpaired) electrons. The van der Waals surface area contributed by atoms with Crippen molar-refractivity contribution >= 4 is 11.8 Å². The highest BCUT2D eigenvalue weighted by molar-refractivity contribution is 7.99. The minimum absolute atomic E-state index is 0.295.